The summed E-state index contributed by atoms with van der Waals surface area (Å²) in [5, 5.41) is 15.7. The highest BCUT2D eigenvalue weighted by atomic mass is 79.9. The zero-order valence-corrected chi connectivity index (χ0v) is 11.8. The van der Waals surface area contributed by atoms with E-state index in [-0.39, 0.29) is 6.61 Å². The Kier molecular flexibility index (Phi) is 4.15. The molecular formula is C12H13BrN2OS. The predicted molar refractivity (Wildman–Crippen MR) is 74.2 cm³/mol. The Labute approximate surface area is 113 Å². The first-order valence-corrected chi connectivity index (χ1v) is 6.91. The fourth-order valence-electron chi connectivity index (χ4n) is 1.54. The van der Waals surface area contributed by atoms with Gasteiger partial charge in [-0.2, -0.15) is 0 Å². The number of halogens is 1. The molecule has 2 aromatic rings. The largest absolute Gasteiger partial charge is 0.392 e. The van der Waals surface area contributed by atoms with E-state index in [1.807, 2.05) is 30.5 Å². The summed E-state index contributed by atoms with van der Waals surface area (Å²) in [6.45, 7) is 2.68. The van der Waals surface area contributed by atoms with Crippen LogP contribution < -0.4 is 5.32 Å². The first-order chi connectivity index (χ1) is 8.20. The van der Waals surface area contributed by atoms with Gasteiger partial charge in [0.05, 0.1) is 13.2 Å². The minimum atomic E-state index is 0.0145. The lowest BCUT2D eigenvalue weighted by molar-refractivity contribution is 0.281. The normalized spacial score (nSPS) is 10.5. The number of benzene rings is 1. The number of nitrogens with zero attached hydrogens (tertiary/aromatic N) is 1. The van der Waals surface area contributed by atoms with E-state index in [4.69, 9.17) is 0 Å². The van der Waals surface area contributed by atoms with Crippen molar-refractivity contribution in [2.45, 2.75) is 20.1 Å². The Morgan fingerprint density at radius 1 is 1.47 bits per heavy atom. The minimum absolute atomic E-state index is 0.0145. The number of aromatic nitrogens is 1. The Morgan fingerprint density at radius 2 is 2.29 bits per heavy atom. The Hall–Kier alpha value is -0.910. The molecule has 17 heavy (non-hydrogen) atoms. The second-order valence-electron chi connectivity index (χ2n) is 3.66. The van der Waals surface area contributed by atoms with E-state index >= 15 is 0 Å². The summed E-state index contributed by atoms with van der Waals surface area (Å²) in [6, 6.07) is 5.82. The van der Waals surface area contributed by atoms with Crippen molar-refractivity contribution in [1.82, 2.24) is 4.98 Å². The highest BCUT2D eigenvalue weighted by Crippen LogP contribution is 2.25. The van der Waals surface area contributed by atoms with Gasteiger partial charge in [0, 0.05) is 26.8 Å². The summed E-state index contributed by atoms with van der Waals surface area (Å²) >= 11 is 5.06. The van der Waals surface area contributed by atoms with Crippen LogP contribution in [-0.2, 0) is 13.2 Å². The molecule has 0 atom stereocenters. The van der Waals surface area contributed by atoms with Crippen LogP contribution in [0.2, 0.25) is 0 Å². The van der Waals surface area contributed by atoms with Crippen LogP contribution in [0.5, 0.6) is 0 Å². The molecule has 0 saturated carbocycles. The van der Waals surface area contributed by atoms with E-state index in [0.29, 0.717) is 6.54 Å². The molecule has 2 rings (SSSR count). The lowest BCUT2D eigenvalue weighted by Crippen LogP contribution is -2.02. The van der Waals surface area contributed by atoms with Crippen molar-refractivity contribution < 1.29 is 5.11 Å². The van der Waals surface area contributed by atoms with Crippen molar-refractivity contribution in [3.8, 4) is 0 Å². The third-order valence-corrected chi connectivity index (χ3v) is 4.08. The Morgan fingerprint density at radius 3 is 2.94 bits per heavy atom. The maximum atomic E-state index is 9.32. The molecule has 1 aromatic carbocycles. The van der Waals surface area contributed by atoms with Crippen LogP contribution in [-0.4, -0.2) is 10.1 Å². The highest BCUT2D eigenvalue weighted by Gasteiger charge is 2.06. The number of anilines is 1. The highest BCUT2D eigenvalue weighted by molar-refractivity contribution is 9.10. The van der Waals surface area contributed by atoms with Crippen molar-refractivity contribution in [3.63, 3.8) is 0 Å². The summed E-state index contributed by atoms with van der Waals surface area (Å²) in [7, 11) is 0. The van der Waals surface area contributed by atoms with Crippen molar-refractivity contribution in [2.75, 3.05) is 5.32 Å². The van der Waals surface area contributed by atoms with Crippen LogP contribution in [0.4, 0.5) is 5.69 Å². The topological polar surface area (TPSA) is 45.1 Å². The second-order valence-corrected chi connectivity index (χ2v) is 5.46. The van der Waals surface area contributed by atoms with Gasteiger partial charge in [-0.3, -0.25) is 0 Å². The first kappa shape index (κ1) is 12.5. The van der Waals surface area contributed by atoms with E-state index < -0.39 is 0 Å². The summed E-state index contributed by atoms with van der Waals surface area (Å²) in [4.78, 5) is 4.39. The fraction of sp³-hybridized carbons (Fsp3) is 0.250. The average Bonchev–Trinajstić information content (AvgIpc) is 2.72. The van der Waals surface area contributed by atoms with Crippen molar-refractivity contribution >= 4 is 33.0 Å². The number of hydrogen-bond donors (Lipinski definition) is 2. The van der Waals surface area contributed by atoms with Gasteiger partial charge in [-0.25, -0.2) is 4.98 Å². The standard InChI is InChI=1S/C12H13BrN2OS/c1-8-7-17-12(15-8)5-14-11-4-2-3-10(13)9(11)6-16/h2-4,7,14,16H,5-6H2,1H3. The molecular weight excluding hydrogens is 300 g/mol. The Balaban J connectivity index is 2.11. The van der Waals surface area contributed by atoms with Crippen molar-refractivity contribution in [2.24, 2.45) is 0 Å². The molecule has 0 bridgehead atoms. The smallest absolute Gasteiger partial charge is 0.112 e. The molecule has 0 aliphatic carbocycles. The maximum Gasteiger partial charge on any atom is 0.112 e. The van der Waals surface area contributed by atoms with Crippen molar-refractivity contribution in [3.05, 3.63) is 44.3 Å². The first-order valence-electron chi connectivity index (χ1n) is 5.24. The molecule has 1 heterocycles. The van der Waals surface area contributed by atoms with Gasteiger partial charge in [0.15, 0.2) is 0 Å². The molecule has 0 amide bonds. The van der Waals surface area contributed by atoms with E-state index in [9.17, 15) is 5.11 Å². The third-order valence-electron chi connectivity index (χ3n) is 2.37. The van der Waals surface area contributed by atoms with E-state index in [0.717, 1.165) is 26.4 Å². The lowest BCUT2D eigenvalue weighted by Gasteiger charge is -2.10. The molecule has 90 valence electrons. The molecule has 0 radical (unpaired) electrons. The van der Waals surface area contributed by atoms with E-state index in [2.05, 4.69) is 26.2 Å². The van der Waals surface area contributed by atoms with Gasteiger partial charge in [0.2, 0.25) is 0 Å². The number of aliphatic hydroxyl groups is 1. The minimum Gasteiger partial charge on any atom is -0.392 e. The van der Waals surface area contributed by atoms with Gasteiger partial charge in [0.1, 0.15) is 5.01 Å². The van der Waals surface area contributed by atoms with E-state index in [1.54, 1.807) is 11.3 Å². The monoisotopic (exact) mass is 312 g/mol. The Bertz CT molecular complexity index is 513. The van der Waals surface area contributed by atoms with Gasteiger partial charge < -0.3 is 10.4 Å². The molecule has 0 saturated heterocycles. The van der Waals surface area contributed by atoms with Crippen LogP contribution in [0, 0.1) is 6.92 Å². The molecule has 0 spiro atoms. The summed E-state index contributed by atoms with van der Waals surface area (Å²) < 4.78 is 0.917. The number of thiazole rings is 1. The zero-order chi connectivity index (χ0) is 12.3. The average molecular weight is 313 g/mol. The van der Waals surface area contributed by atoms with Crippen LogP contribution in [0.15, 0.2) is 28.1 Å². The SMILES string of the molecule is Cc1csc(CNc2cccc(Br)c2CO)n1. The maximum absolute atomic E-state index is 9.32. The predicted octanol–water partition coefficient (Wildman–Crippen LogP) is 3.32. The fourth-order valence-corrected chi connectivity index (χ4v) is 2.74. The molecule has 0 fully saturated rings. The molecule has 3 nitrogen and oxygen atoms in total. The number of hydrogen-bond acceptors (Lipinski definition) is 4. The van der Waals surface area contributed by atoms with Crippen LogP contribution in [0.3, 0.4) is 0 Å². The van der Waals surface area contributed by atoms with Crippen LogP contribution in [0.1, 0.15) is 16.3 Å². The van der Waals surface area contributed by atoms with E-state index in [1.165, 1.54) is 0 Å². The summed E-state index contributed by atoms with van der Waals surface area (Å²) in [5.74, 6) is 0. The third kappa shape index (κ3) is 3.06. The second kappa shape index (κ2) is 5.62. The quantitative estimate of drug-likeness (QED) is 0.910. The van der Waals surface area contributed by atoms with Crippen LogP contribution >= 0.6 is 27.3 Å². The van der Waals surface area contributed by atoms with Crippen LogP contribution in [0.25, 0.3) is 0 Å². The molecule has 0 aliphatic heterocycles. The molecule has 2 N–H and O–H groups in total. The molecule has 5 heteroatoms. The van der Waals surface area contributed by atoms with Gasteiger partial charge in [-0.05, 0) is 19.1 Å². The molecule has 1 aromatic heterocycles. The molecule has 0 unspecified atom stereocenters. The van der Waals surface area contributed by atoms with Crippen molar-refractivity contribution in [1.29, 1.82) is 0 Å². The van der Waals surface area contributed by atoms with Gasteiger partial charge in [-0.15, -0.1) is 11.3 Å². The summed E-state index contributed by atoms with van der Waals surface area (Å²) in [6.07, 6.45) is 0. The summed E-state index contributed by atoms with van der Waals surface area (Å²) in [5.41, 5.74) is 2.86. The zero-order valence-electron chi connectivity index (χ0n) is 9.40. The lowest BCUT2D eigenvalue weighted by atomic mass is 10.2. The van der Waals surface area contributed by atoms with Gasteiger partial charge in [-0.1, -0.05) is 22.0 Å². The van der Waals surface area contributed by atoms with Gasteiger partial charge in [0.25, 0.3) is 0 Å². The molecule has 0 aliphatic rings. The van der Waals surface area contributed by atoms with Gasteiger partial charge >= 0.3 is 0 Å². The number of aryl methyl sites for hydroxylation is 1. The number of rotatable bonds is 4. The number of aliphatic hydroxyl groups excluding tert-OH is 1. The number of nitrogens with one attached hydrogen (secondary N) is 1.